The molecule has 1 aromatic heterocycles. The molecule has 0 fully saturated rings. The van der Waals surface area contributed by atoms with Crippen LogP contribution in [0.1, 0.15) is 12.5 Å². The molecule has 5 nitrogen and oxygen atoms in total. The molecule has 0 spiro atoms. The lowest BCUT2D eigenvalue weighted by Crippen LogP contribution is -2.30. The minimum Gasteiger partial charge on any atom is -0.370 e. The first kappa shape index (κ1) is 14.3. The minimum atomic E-state index is -0.328. The van der Waals surface area contributed by atoms with Crippen LogP contribution in [0.5, 0.6) is 0 Å². The molecular weight excluding hydrogens is 252 g/mol. The SMILES string of the molecule is CCNc1nc2ccccc2cc1CN(C)CC(N)=O. The van der Waals surface area contributed by atoms with Gasteiger partial charge in [0.2, 0.25) is 5.91 Å². The number of rotatable bonds is 6. The summed E-state index contributed by atoms with van der Waals surface area (Å²) in [4.78, 5) is 17.5. The van der Waals surface area contributed by atoms with Gasteiger partial charge < -0.3 is 11.1 Å². The van der Waals surface area contributed by atoms with Crippen LogP contribution in [0, 0.1) is 0 Å². The Morgan fingerprint density at radius 2 is 2.15 bits per heavy atom. The zero-order valence-corrected chi connectivity index (χ0v) is 11.9. The number of para-hydroxylation sites is 1. The van der Waals surface area contributed by atoms with Gasteiger partial charge in [0.05, 0.1) is 12.1 Å². The molecule has 0 atom stereocenters. The van der Waals surface area contributed by atoms with E-state index in [1.807, 2.05) is 43.1 Å². The topological polar surface area (TPSA) is 71.2 Å². The first-order chi connectivity index (χ1) is 9.60. The lowest BCUT2D eigenvalue weighted by atomic mass is 10.1. The number of primary amides is 1. The molecule has 0 saturated heterocycles. The van der Waals surface area contributed by atoms with E-state index in [0.717, 1.165) is 28.8 Å². The van der Waals surface area contributed by atoms with Crippen LogP contribution in [-0.2, 0) is 11.3 Å². The van der Waals surface area contributed by atoms with E-state index in [2.05, 4.69) is 16.4 Å². The highest BCUT2D eigenvalue weighted by Crippen LogP contribution is 2.21. The number of aromatic nitrogens is 1. The number of hydrogen-bond acceptors (Lipinski definition) is 4. The Balaban J connectivity index is 2.33. The summed E-state index contributed by atoms with van der Waals surface area (Å²) in [6.07, 6.45) is 0. The molecule has 0 aliphatic heterocycles. The number of anilines is 1. The maximum atomic E-state index is 11.0. The van der Waals surface area contributed by atoms with E-state index < -0.39 is 0 Å². The lowest BCUT2D eigenvalue weighted by molar-refractivity contribution is -0.118. The molecule has 1 heterocycles. The van der Waals surface area contributed by atoms with Crippen LogP contribution in [0.25, 0.3) is 10.9 Å². The van der Waals surface area contributed by atoms with Gasteiger partial charge in [-0.15, -0.1) is 0 Å². The number of fused-ring (bicyclic) bond motifs is 1. The Kier molecular flexibility index (Phi) is 4.53. The Hall–Kier alpha value is -2.14. The quantitative estimate of drug-likeness (QED) is 0.837. The molecule has 20 heavy (non-hydrogen) atoms. The number of nitrogens with one attached hydrogen (secondary N) is 1. The van der Waals surface area contributed by atoms with E-state index in [1.54, 1.807) is 0 Å². The Morgan fingerprint density at radius 3 is 2.85 bits per heavy atom. The maximum Gasteiger partial charge on any atom is 0.231 e. The zero-order valence-electron chi connectivity index (χ0n) is 11.9. The van der Waals surface area contributed by atoms with Gasteiger partial charge in [-0.3, -0.25) is 9.69 Å². The molecule has 1 aromatic carbocycles. The molecule has 0 aliphatic rings. The molecule has 0 bridgehead atoms. The van der Waals surface area contributed by atoms with Crippen molar-refractivity contribution in [2.24, 2.45) is 5.73 Å². The highest BCUT2D eigenvalue weighted by Gasteiger charge is 2.10. The van der Waals surface area contributed by atoms with Gasteiger partial charge in [-0.25, -0.2) is 4.98 Å². The number of likely N-dealkylation sites (N-methyl/N-ethyl adjacent to an activating group) is 1. The predicted octanol–water partition coefficient (Wildman–Crippen LogP) is 1.58. The van der Waals surface area contributed by atoms with Crippen molar-refractivity contribution in [2.75, 3.05) is 25.5 Å². The van der Waals surface area contributed by atoms with E-state index in [9.17, 15) is 4.79 Å². The standard InChI is InChI=1S/C15H20N4O/c1-3-17-15-12(9-19(2)10-14(16)20)8-11-6-4-5-7-13(11)18-15/h4-8H,3,9-10H2,1-2H3,(H2,16,20)(H,17,18). The fourth-order valence-electron chi connectivity index (χ4n) is 2.21. The van der Waals surface area contributed by atoms with Crippen molar-refractivity contribution in [3.8, 4) is 0 Å². The highest BCUT2D eigenvalue weighted by molar-refractivity contribution is 5.81. The second-order valence-corrected chi connectivity index (χ2v) is 4.86. The number of hydrogen-bond donors (Lipinski definition) is 2. The Morgan fingerprint density at radius 1 is 1.40 bits per heavy atom. The smallest absolute Gasteiger partial charge is 0.231 e. The summed E-state index contributed by atoms with van der Waals surface area (Å²) < 4.78 is 0. The number of carbonyl (C=O) groups excluding carboxylic acids is 1. The highest BCUT2D eigenvalue weighted by atomic mass is 16.1. The minimum absolute atomic E-state index is 0.235. The molecule has 0 aliphatic carbocycles. The maximum absolute atomic E-state index is 11.0. The predicted molar refractivity (Wildman–Crippen MR) is 81.4 cm³/mol. The molecule has 0 radical (unpaired) electrons. The summed E-state index contributed by atoms with van der Waals surface area (Å²) in [5.41, 5.74) is 7.25. The lowest BCUT2D eigenvalue weighted by Gasteiger charge is -2.18. The number of nitrogens with zero attached hydrogens (tertiary/aromatic N) is 2. The molecular formula is C15H20N4O. The molecule has 5 heteroatoms. The number of benzene rings is 1. The average molecular weight is 272 g/mol. The van der Waals surface area contributed by atoms with Crippen LogP contribution in [-0.4, -0.2) is 35.9 Å². The van der Waals surface area contributed by atoms with Crippen LogP contribution >= 0.6 is 0 Å². The summed E-state index contributed by atoms with van der Waals surface area (Å²) in [6, 6.07) is 10.1. The number of pyridine rings is 1. The van der Waals surface area contributed by atoms with E-state index in [1.165, 1.54) is 0 Å². The van der Waals surface area contributed by atoms with E-state index in [0.29, 0.717) is 6.54 Å². The van der Waals surface area contributed by atoms with Crippen LogP contribution in [0.4, 0.5) is 5.82 Å². The second-order valence-electron chi connectivity index (χ2n) is 4.86. The summed E-state index contributed by atoms with van der Waals surface area (Å²) >= 11 is 0. The van der Waals surface area contributed by atoms with Crippen LogP contribution < -0.4 is 11.1 Å². The van der Waals surface area contributed by atoms with Gasteiger partial charge in [-0.1, -0.05) is 18.2 Å². The van der Waals surface area contributed by atoms with Crippen molar-refractivity contribution in [2.45, 2.75) is 13.5 Å². The van der Waals surface area contributed by atoms with E-state index in [4.69, 9.17) is 5.73 Å². The average Bonchev–Trinajstić information content (AvgIpc) is 2.38. The summed E-state index contributed by atoms with van der Waals surface area (Å²) in [5.74, 6) is 0.536. The van der Waals surface area contributed by atoms with E-state index >= 15 is 0 Å². The zero-order chi connectivity index (χ0) is 14.5. The third-order valence-corrected chi connectivity index (χ3v) is 3.01. The van der Waals surface area contributed by atoms with Crippen LogP contribution in [0.2, 0.25) is 0 Å². The first-order valence-corrected chi connectivity index (χ1v) is 6.69. The fraction of sp³-hybridized carbons (Fsp3) is 0.333. The van der Waals surface area contributed by atoms with Gasteiger partial charge in [-0.05, 0) is 26.1 Å². The largest absolute Gasteiger partial charge is 0.370 e. The molecule has 106 valence electrons. The van der Waals surface area contributed by atoms with Crippen LogP contribution in [0.15, 0.2) is 30.3 Å². The summed E-state index contributed by atoms with van der Waals surface area (Å²) in [7, 11) is 1.87. The Labute approximate surface area is 118 Å². The second kappa shape index (κ2) is 6.34. The van der Waals surface area contributed by atoms with Crippen molar-refractivity contribution < 1.29 is 4.79 Å². The van der Waals surface area contributed by atoms with Gasteiger partial charge in [0.25, 0.3) is 0 Å². The van der Waals surface area contributed by atoms with Gasteiger partial charge >= 0.3 is 0 Å². The number of nitrogens with two attached hydrogens (primary N) is 1. The molecule has 2 rings (SSSR count). The van der Waals surface area contributed by atoms with Gasteiger partial charge in [0.1, 0.15) is 5.82 Å². The van der Waals surface area contributed by atoms with E-state index in [-0.39, 0.29) is 12.5 Å². The number of carbonyl (C=O) groups is 1. The van der Waals surface area contributed by atoms with Crippen molar-refractivity contribution >= 4 is 22.6 Å². The molecule has 3 N–H and O–H groups in total. The third-order valence-electron chi connectivity index (χ3n) is 3.01. The summed E-state index contributed by atoms with van der Waals surface area (Å²) in [6.45, 7) is 3.70. The van der Waals surface area contributed by atoms with Gasteiger partial charge in [-0.2, -0.15) is 0 Å². The van der Waals surface area contributed by atoms with Gasteiger partial charge in [0, 0.05) is 24.0 Å². The van der Waals surface area contributed by atoms with Crippen molar-refractivity contribution in [3.05, 3.63) is 35.9 Å². The monoisotopic (exact) mass is 272 g/mol. The molecule has 0 unspecified atom stereocenters. The van der Waals surface area contributed by atoms with Crippen molar-refractivity contribution in [1.82, 2.24) is 9.88 Å². The number of amides is 1. The third kappa shape index (κ3) is 3.45. The van der Waals surface area contributed by atoms with Crippen LogP contribution in [0.3, 0.4) is 0 Å². The first-order valence-electron chi connectivity index (χ1n) is 6.69. The van der Waals surface area contributed by atoms with Gasteiger partial charge in [0.15, 0.2) is 0 Å². The molecule has 2 aromatic rings. The molecule has 1 amide bonds. The normalized spacial score (nSPS) is 10.9. The van der Waals surface area contributed by atoms with Crippen molar-refractivity contribution in [1.29, 1.82) is 0 Å². The fourth-order valence-corrected chi connectivity index (χ4v) is 2.21. The molecule has 0 saturated carbocycles. The summed E-state index contributed by atoms with van der Waals surface area (Å²) in [5, 5.41) is 4.37. The van der Waals surface area contributed by atoms with Crippen molar-refractivity contribution in [3.63, 3.8) is 0 Å². The Bertz CT molecular complexity index is 612.